The number of hydrogen-bond donors (Lipinski definition) is 3. The monoisotopic (exact) mass is 269 g/mol. The van der Waals surface area contributed by atoms with Gasteiger partial charge in [-0.1, -0.05) is 18.2 Å². The van der Waals surface area contributed by atoms with E-state index in [-0.39, 0.29) is 0 Å². The number of rotatable bonds is 4. The van der Waals surface area contributed by atoms with Crippen molar-refractivity contribution in [1.82, 2.24) is 10.3 Å². The van der Waals surface area contributed by atoms with E-state index in [0.717, 1.165) is 23.3 Å². The van der Waals surface area contributed by atoms with Gasteiger partial charge in [0.1, 0.15) is 0 Å². The zero-order valence-electron chi connectivity index (χ0n) is 10.8. The Bertz CT molecular complexity index is 772. The fraction of sp³-hybridized carbons (Fsp3) is 0.133. The zero-order valence-corrected chi connectivity index (χ0v) is 10.8. The van der Waals surface area contributed by atoms with Crippen LogP contribution in [0.25, 0.3) is 11.1 Å². The van der Waals surface area contributed by atoms with Gasteiger partial charge in [0.15, 0.2) is 5.58 Å². The highest BCUT2D eigenvalue weighted by Gasteiger charge is 2.02. The molecular weight excluding hydrogens is 254 g/mol. The van der Waals surface area contributed by atoms with Gasteiger partial charge in [-0.2, -0.15) is 0 Å². The maximum atomic E-state index is 11.1. The normalized spacial score (nSPS) is 11.0. The molecule has 0 atom stereocenters. The third-order valence-electron chi connectivity index (χ3n) is 3.12. The molecule has 5 nitrogen and oxygen atoms in total. The molecule has 1 heterocycles. The van der Waals surface area contributed by atoms with E-state index in [4.69, 9.17) is 10.2 Å². The summed E-state index contributed by atoms with van der Waals surface area (Å²) in [5.41, 5.74) is 9.95. The Hall–Kier alpha value is -2.53. The number of oxazole rings is 1. The van der Waals surface area contributed by atoms with Crippen LogP contribution in [0.3, 0.4) is 0 Å². The second-order valence-corrected chi connectivity index (χ2v) is 4.69. The third kappa shape index (κ3) is 2.73. The van der Waals surface area contributed by atoms with Gasteiger partial charge in [0.05, 0.1) is 5.52 Å². The van der Waals surface area contributed by atoms with E-state index in [1.165, 1.54) is 5.56 Å². The quantitative estimate of drug-likeness (QED) is 0.632. The number of nitrogen functional groups attached to an aromatic ring is 1. The number of hydrogen-bond acceptors (Lipinski definition) is 4. The topological polar surface area (TPSA) is 84.0 Å². The molecule has 0 fully saturated rings. The van der Waals surface area contributed by atoms with Crippen LogP contribution in [0.4, 0.5) is 5.69 Å². The summed E-state index contributed by atoms with van der Waals surface area (Å²) in [6, 6.07) is 13.4. The number of nitrogens with two attached hydrogens (primary N) is 1. The smallest absolute Gasteiger partial charge is 0.408 e. The van der Waals surface area contributed by atoms with E-state index in [0.29, 0.717) is 12.1 Å². The number of aromatic amines is 1. The molecule has 102 valence electrons. The third-order valence-corrected chi connectivity index (χ3v) is 3.12. The number of H-pyrrole nitrogens is 1. The first-order chi connectivity index (χ1) is 9.70. The maximum absolute atomic E-state index is 11.1. The lowest BCUT2D eigenvalue weighted by Gasteiger charge is -2.05. The van der Waals surface area contributed by atoms with Gasteiger partial charge in [0.25, 0.3) is 0 Å². The van der Waals surface area contributed by atoms with E-state index >= 15 is 0 Å². The molecule has 0 aliphatic carbocycles. The summed E-state index contributed by atoms with van der Waals surface area (Å²) in [7, 11) is 0. The largest absolute Gasteiger partial charge is 0.417 e. The van der Waals surface area contributed by atoms with Crippen LogP contribution >= 0.6 is 0 Å². The van der Waals surface area contributed by atoms with Crippen LogP contribution in [0.1, 0.15) is 11.1 Å². The summed E-state index contributed by atoms with van der Waals surface area (Å²) >= 11 is 0. The molecule has 0 unspecified atom stereocenters. The fourth-order valence-electron chi connectivity index (χ4n) is 2.09. The first kappa shape index (κ1) is 12.5. The molecule has 4 N–H and O–H groups in total. The fourth-order valence-corrected chi connectivity index (χ4v) is 2.09. The van der Waals surface area contributed by atoms with Crippen molar-refractivity contribution in [3.8, 4) is 0 Å². The van der Waals surface area contributed by atoms with Crippen molar-refractivity contribution in [2.75, 3.05) is 5.73 Å². The van der Waals surface area contributed by atoms with E-state index in [1.54, 1.807) is 0 Å². The minimum atomic E-state index is -0.424. The Morgan fingerprint density at radius 1 is 1.05 bits per heavy atom. The van der Waals surface area contributed by atoms with Gasteiger partial charge in [-0.3, -0.25) is 4.98 Å². The molecule has 2 aromatic carbocycles. The van der Waals surface area contributed by atoms with Crippen LogP contribution in [-0.2, 0) is 13.1 Å². The highest BCUT2D eigenvalue weighted by molar-refractivity contribution is 5.72. The molecular formula is C15H15N3O2. The molecule has 0 bridgehead atoms. The molecule has 1 aromatic heterocycles. The summed E-state index contributed by atoms with van der Waals surface area (Å²) in [6.45, 7) is 1.46. The highest BCUT2D eigenvalue weighted by Crippen LogP contribution is 2.12. The van der Waals surface area contributed by atoms with Gasteiger partial charge in [-0.05, 0) is 35.4 Å². The van der Waals surface area contributed by atoms with Crippen LogP contribution in [0.2, 0.25) is 0 Å². The minimum Gasteiger partial charge on any atom is -0.408 e. The van der Waals surface area contributed by atoms with Crippen LogP contribution in [-0.4, -0.2) is 4.98 Å². The average molecular weight is 269 g/mol. The summed E-state index contributed by atoms with van der Waals surface area (Å²) in [6.07, 6.45) is 0. The number of anilines is 1. The Morgan fingerprint density at radius 3 is 2.55 bits per heavy atom. The van der Waals surface area contributed by atoms with E-state index in [2.05, 4.69) is 10.3 Å². The van der Waals surface area contributed by atoms with Crippen LogP contribution < -0.4 is 16.8 Å². The zero-order chi connectivity index (χ0) is 13.9. The van der Waals surface area contributed by atoms with Crippen molar-refractivity contribution in [3.63, 3.8) is 0 Å². The Morgan fingerprint density at radius 2 is 1.75 bits per heavy atom. The maximum Gasteiger partial charge on any atom is 0.417 e. The van der Waals surface area contributed by atoms with Crippen molar-refractivity contribution in [1.29, 1.82) is 0 Å². The summed E-state index contributed by atoms with van der Waals surface area (Å²) in [4.78, 5) is 13.7. The first-order valence-corrected chi connectivity index (χ1v) is 6.37. The Balaban J connectivity index is 1.64. The average Bonchev–Trinajstić information content (AvgIpc) is 2.80. The van der Waals surface area contributed by atoms with Crippen LogP contribution in [0, 0.1) is 0 Å². The predicted octanol–water partition coefficient (Wildman–Crippen LogP) is 1.99. The van der Waals surface area contributed by atoms with Gasteiger partial charge in [0, 0.05) is 18.8 Å². The van der Waals surface area contributed by atoms with E-state index in [9.17, 15) is 4.79 Å². The molecule has 0 spiro atoms. The van der Waals surface area contributed by atoms with Crippen molar-refractivity contribution < 1.29 is 4.42 Å². The minimum absolute atomic E-state index is 0.424. The number of benzene rings is 2. The summed E-state index contributed by atoms with van der Waals surface area (Å²) in [5.74, 6) is -0.424. The molecule has 0 aliphatic rings. The number of aromatic nitrogens is 1. The molecule has 20 heavy (non-hydrogen) atoms. The molecule has 0 aliphatic heterocycles. The Labute approximate surface area is 115 Å². The molecule has 5 heteroatoms. The summed E-state index contributed by atoms with van der Waals surface area (Å²) < 4.78 is 5.03. The van der Waals surface area contributed by atoms with Crippen molar-refractivity contribution >= 4 is 16.8 Å². The number of nitrogens with one attached hydrogen (secondary N) is 2. The number of fused-ring (bicyclic) bond motifs is 1. The highest BCUT2D eigenvalue weighted by atomic mass is 16.4. The van der Waals surface area contributed by atoms with Gasteiger partial charge < -0.3 is 15.5 Å². The summed E-state index contributed by atoms with van der Waals surface area (Å²) in [5, 5.41) is 3.34. The van der Waals surface area contributed by atoms with Crippen LogP contribution in [0.15, 0.2) is 51.7 Å². The van der Waals surface area contributed by atoms with E-state index < -0.39 is 5.76 Å². The van der Waals surface area contributed by atoms with Gasteiger partial charge in [-0.15, -0.1) is 0 Å². The molecule has 0 amide bonds. The SMILES string of the molecule is Nc1ccc(CNCc2ccc3[nH]c(=O)oc3c2)cc1. The van der Waals surface area contributed by atoms with Crippen molar-refractivity contribution in [2.24, 2.45) is 0 Å². The Kier molecular flexibility index (Phi) is 3.26. The van der Waals surface area contributed by atoms with Crippen molar-refractivity contribution in [2.45, 2.75) is 13.1 Å². The van der Waals surface area contributed by atoms with Crippen molar-refractivity contribution in [3.05, 3.63) is 64.1 Å². The van der Waals surface area contributed by atoms with Crippen LogP contribution in [0.5, 0.6) is 0 Å². The second kappa shape index (κ2) is 5.22. The van der Waals surface area contributed by atoms with Gasteiger partial charge >= 0.3 is 5.76 Å². The molecule has 3 rings (SSSR count). The predicted molar refractivity (Wildman–Crippen MR) is 78.2 cm³/mol. The van der Waals surface area contributed by atoms with Gasteiger partial charge in [-0.25, -0.2) is 4.79 Å². The first-order valence-electron chi connectivity index (χ1n) is 6.37. The molecule has 0 saturated carbocycles. The van der Waals surface area contributed by atoms with Gasteiger partial charge in [0.2, 0.25) is 0 Å². The second-order valence-electron chi connectivity index (χ2n) is 4.69. The van der Waals surface area contributed by atoms with E-state index in [1.807, 2.05) is 42.5 Å². The molecule has 0 radical (unpaired) electrons. The lowest BCUT2D eigenvalue weighted by molar-refractivity contribution is 0.554. The lowest BCUT2D eigenvalue weighted by atomic mass is 10.2. The molecule has 0 saturated heterocycles. The molecule has 3 aromatic rings. The lowest BCUT2D eigenvalue weighted by Crippen LogP contribution is -2.12. The standard InChI is InChI=1S/C15H15N3O2/c16-12-4-1-10(2-5-12)8-17-9-11-3-6-13-14(7-11)20-15(19)18-13/h1-7,17H,8-9,16H2,(H,18,19).